The van der Waals surface area contributed by atoms with Gasteiger partial charge in [-0.2, -0.15) is 5.10 Å². The minimum absolute atomic E-state index is 0.911. The number of hydrogen-bond donors (Lipinski definition) is 1. The normalized spacial score (nSPS) is 10.9. The molecule has 0 spiro atoms. The molecule has 0 atom stereocenters. The summed E-state index contributed by atoms with van der Waals surface area (Å²) in [6, 6.07) is 2.06. The van der Waals surface area contributed by atoms with Gasteiger partial charge in [0, 0.05) is 43.3 Å². The van der Waals surface area contributed by atoms with E-state index in [0.717, 1.165) is 25.2 Å². The van der Waals surface area contributed by atoms with E-state index in [9.17, 15) is 0 Å². The molecule has 2 aromatic rings. The molecule has 0 aliphatic rings. The van der Waals surface area contributed by atoms with E-state index < -0.39 is 0 Å². The van der Waals surface area contributed by atoms with Crippen molar-refractivity contribution in [1.29, 1.82) is 0 Å². The summed E-state index contributed by atoms with van der Waals surface area (Å²) >= 11 is 1.71. The molecule has 0 aromatic carbocycles. The molecule has 0 radical (unpaired) electrons. The van der Waals surface area contributed by atoms with E-state index in [1.807, 2.05) is 23.4 Å². The molecule has 0 bridgehead atoms. The highest BCUT2D eigenvalue weighted by molar-refractivity contribution is 7.09. The molecule has 2 aromatic heterocycles. The summed E-state index contributed by atoms with van der Waals surface area (Å²) in [5.74, 6) is 0. The third-order valence-electron chi connectivity index (χ3n) is 2.61. The lowest BCUT2D eigenvalue weighted by molar-refractivity contribution is 0.645. The molecule has 0 amide bonds. The molecule has 1 N–H and O–H groups in total. The van der Waals surface area contributed by atoms with Crippen LogP contribution in [-0.2, 0) is 20.0 Å². The number of hydrogen-bond acceptors (Lipinski definition) is 4. The van der Waals surface area contributed by atoms with Crippen LogP contribution in [-0.4, -0.2) is 21.3 Å². The first-order valence-corrected chi connectivity index (χ1v) is 6.22. The van der Waals surface area contributed by atoms with Gasteiger partial charge in [0.05, 0.1) is 11.2 Å². The van der Waals surface area contributed by atoms with Crippen molar-refractivity contribution in [3.8, 4) is 0 Å². The van der Waals surface area contributed by atoms with Crippen LogP contribution in [0.3, 0.4) is 0 Å². The molecular weight excluding hydrogens is 220 g/mol. The van der Waals surface area contributed by atoms with Crippen molar-refractivity contribution in [1.82, 2.24) is 20.1 Å². The monoisotopic (exact) mass is 236 g/mol. The Hall–Kier alpha value is -1.20. The van der Waals surface area contributed by atoms with Crippen molar-refractivity contribution in [2.24, 2.45) is 7.05 Å². The van der Waals surface area contributed by atoms with Gasteiger partial charge >= 0.3 is 0 Å². The highest BCUT2D eigenvalue weighted by Crippen LogP contribution is 2.11. The van der Waals surface area contributed by atoms with E-state index in [-0.39, 0.29) is 0 Å². The van der Waals surface area contributed by atoms with Crippen LogP contribution in [0.2, 0.25) is 0 Å². The first-order chi connectivity index (χ1) is 7.77. The van der Waals surface area contributed by atoms with E-state index in [1.54, 1.807) is 11.3 Å². The third-order valence-corrected chi connectivity index (χ3v) is 3.55. The van der Waals surface area contributed by atoms with Gasteiger partial charge in [-0.1, -0.05) is 0 Å². The van der Waals surface area contributed by atoms with E-state index in [1.165, 1.54) is 10.6 Å². The van der Waals surface area contributed by atoms with Gasteiger partial charge in [-0.3, -0.25) is 4.68 Å². The first-order valence-electron chi connectivity index (χ1n) is 5.34. The van der Waals surface area contributed by atoms with Gasteiger partial charge < -0.3 is 5.32 Å². The molecule has 0 aliphatic carbocycles. The van der Waals surface area contributed by atoms with Crippen LogP contribution in [0.5, 0.6) is 0 Å². The molecule has 5 heteroatoms. The molecule has 0 aliphatic heterocycles. The topological polar surface area (TPSA) is 42.7 Å². The summed E-state index contributed by atoms with van der Waals surface area (Å²) in [4.78, 5) is 5.55. The predicted molar refractivity (Wildman–Crippen MR) is 65.5 cm³/mol. The number of aryl methyl sites for hydroxylation is 2. The summed E-state index contributed by atoms with van der Waals surface area (Å²) in [6.45, 7) is 3.93. The lowest BCUT2D eigenvalue weighted by Gasteiger charge is -2.04. The van der Waals surface area contributed by atoms with Gasteiger partial charge in [-0.25, -0.2) is 4.98 Å². The Morgan fingerprint density at radius 2 is 2.38 bits per heavy atom. The van der Waals surface area contributed by atoms with Crippen LogP contribution in [0.25, 0.3) is 0 Å². The van der Waals surface area contributed by atoms with Gasteiger partial charge in [-0.15, -0.1) is 11.3 Å². The fraction of sp³-hybridized carbons (Fsp3) is 0.455. The van der Waals surface area contributed by atoms with Crippen molar-refractivity contribution in [2.45, 2.75) is 19.9 Å². The van der Waals surface area contributed by atoms with E-state index in [2.05, 4.69) is 28.4 Å². The Morgan fingerprint density at radius 1 is 1.50 bits per heavy atom. The zero-order valence-corrected chi connectivity index (χ0v) is 10.4. The molecule has 0 saturated carbocycles. The maximum atomic E-state index is 4.22. The number of rotatable bonds is 5. The average Bonchev–Trinajstić information content (AvgIpc) is 2.84. The summed E-state index contributed by atoms with van der Waals surface area (Å²) < 4.78 is 1.92. The molecular formula is C11H16N4S. The highest BCUT2D eigenvalue weighted by Gasteiger charge is 2.01. The third kappa shape index (κ3) is 2.68. The van der Waals surface area contributed by atoms with Crippen molar-refractivity contribution in [3.63, 3.8) is 0 Å². The Balaban J connectivity index is 1.74. The fourth-order valence-corrected chi connectivity index (χ4v) is 2.31. The Kier molecular flexibility index (Phi) is 3.69. The number of thiazole rings is 1. The summed E-state index contributed by atoms with van der Waals surface area (Å²) in [5.41, 5.74) is 4.29. The van der Waals surface area contributed by atoms with Crippen molar-refractivity contribution in [3.05, 3.63) is 34.0 Å². The molecule has 16 heavy (non-hydrogen) atoms. The zero-order chi connectivity index (χ0) is 11.4. The lowest BCUT2D eigenvalue weighted by atomic mass is 10.3. The van der Waals surface area contributed by atoms with Gasteiger partial charge in [0.15, 0.2) is 0 Å². The van der Waals surface area contributed by atoms with Crippen LogP contribution >= 0.6 is 11.3 Å². The summed E-state index contributed by atoms with van der Waals surface area (Å²) in [5, 5.41) is 7.56. The van der Waals surface area contributed by atoms with Gasteiger partial charge in [0.25, 0.3) is 0 Å². The second-order valence-corrected chi connectivity index (χ2v) is 4.67. The smallest absolute Gasteiger partial charge is 0.0798 e. The summed E-state index contributed by atoms with van der Waals surface area (Å²) in [7, 11) is 1.97. The zero-order valence-electron chi connectivity index (χ0n) is 9.60. The second kappa shape index (κ2) is 5.23. The molecule has 86 valence electrons. The maximum absolute atomic E-state index is 4.22. The van der Waals surface area contributed by atoms with Crippen LogP contribution in [0.1, 0.15) is 16.3 Å². The quantitative estimate of drug-likeness (QED) is 0.800. The van der Waals surface area contributed by atoms with E-state index in [0.29, 0.717) is 0 Å². The Morgan fingerprint density at radius 3 is 3.00 bits per heavy atom. The van der Waals surface area contributed by atoms with Crippen molar-refractivity contribution >= 4 is 11.3 Å². The summed E-state index contributed by atoms with van der Waals surface area (Å²) in [6.07, 6.45) is 2.84. The average molecular weight is 236 g/mol. The first kappa shape index (κ1) is 11.3. The highest BCUT2D eigenvalue weighted by atomic mass is 32.1. The molecule has 2 heterocycles. The SMILES string of the molecule is Cc1ncsc1CNCCc1ccnn1C. The Labute approximate surface area is 99.3 Å². The largest absolute Gasteiger partial charge is 0.311 e. The predicted octanol–water partition coefficient (Wildman–Crippen LogP) is 1.52. The van der Waals surface area contributed by atoms with Crippen molar-refractivity contribution < 1.29 is 0 Å². The minimum Gasteiger partial charge on any atom is -0.311 e. The molecule has 2 rings (SSSR count). The van der Waals surface area contributed by atoms with Crippen molar-refractivity contribution in [2.75, 3.05) is 6.54 Å². The fourth-order valence-electron chi connectivity index (χ4n) is 1.56. The minimum atomic E-state index is 0.911. The van der Waals surface area contributed by atoms with Gasteiger partial charge in [0.2, 0.25) is 0 Å². The molecule has 4 nitrogen and oxygen atoms in total. The van der Waals surface area contributed by atoms with E-state index in [4.69, 9.17) is 0 Å². The van der Waals surface area contributed by atoms with Gasteiger partial charge in [-0.05, 0) is 13.0 Å². The number of nitrogens with one attached hydrogen (secondary N) is 1. The number of nitrogens with zero attached hydrogens (tertiary/aromatic N) is 3. The molecule has 0 unspecified atom stereocenters. The number of aromatic nitrogens is 3. The van der Waals surface area contributed by atoms with Gasteiger partial charge in [0.1, 0.15) is 0 Å². The van der Waals surface area contributed by atoms with Crippen LogP contribution in [0.4, 0.5) is 0 Å². The van der Waals surface area contributed by atoms with Crippen LogP contribution < -0.4 is 5.32 Å². The maximum Gasteiger partial charge on any atom is 0.0798 e. The van der Waals surface area contributed by atoms with Crippen LogP contribution in [0.15, 0.2) is 17.8 Å². The van der Waals surface area contributed by atoms with Crippen LogP contribution in [0, 0.1) is 6.92 Å². The molecule has 0 saturated heterocycles. The Bertz CT molecular complexity index is 404. The lowest BCUT2D eigenvalue weighted by Crippen LogP contribution is -2.17. The second-order valence-electron chi connectivity index (χ2n) is 3.73. The molecule has 0 fully saturated rings. The standard InChI is InChI=1S/C11H16N4S/c1-9-11(16-8-13-9)7-12-5-3-10-4-6-14-15(10)2/h4,6,8,12H,3,5,7H2,1-2H3. The van der Waals surface area contributed by atoms with E-state index >= 15 is 0 Å².